The smallest absolute Gasteiger partial charge is 0.246 e. The van der Waals surface area contributed by atoms with Crippen molar-refractivity contribution in [2.24, 2.45) is 0 Å². The molecule has 0 aliphatic carbocycles. The zero-order valence-corrected chi connectivity index (χ0v) is 22.0. The number of carbonyl (C=O) groups is 1. The van der Waals surface area contributed by atoms with Crippen LogP contribution in [0.15, 0.2) is 66.7 Å². The first kappa shape index (κ1) is 25.5. The Kier molecular flexibility index (Phi) is 6.90. The molecular weight excluding hydrogens is 506 g/mol. The van der Waals surface area contributed by atoms with Gasteiger partial charge in [0.25, 0.3) is 0 Å². The Morgan fingerprint density at radius 3 is 2.74 bits per heavy atom. The third-order valence-corrected chi connectivity index (χ3v) is 7.53. The molecule has 0 bridgehead atoms. The molecule has 0 saturated heterocycles. The molecule has 0 saturated carbocycles. The Morgan fingerprint density at radius 2 is 2.05 bits per heavy atom. The average molecular weight is 533 g/mol. The summed E-state index contributed by atoms with van der Waals surface area (Å²) in [6.07, 6.45) is 5.28. The van der Waals surface area contributed by atoms with Gasteiger partial charge in [-0.15, -0.1) is 11.3 Å². The van der Waals surface area contributed by atoms with E-state index in [-0.39, 0.29) is 18.3 Å². The van der Waals surface area contributed by atoms with E-state index in [1.807, 2.05) is 60.2 Å². The molecule has 0 radical (unpaired) electrons. The molecule has 0 spiro atoms. The maximum atomic E-state index is 14.6. The number of amides is 1. The summed E-state index contributed by atoms with van der Waals surface area (Å²) in [5, 5.41) is 7.55. The van der Waals surface area contributed by atoms with Gasteiger partial charge in [0, 0.05) is 54.1 Å². The van der Waals surface area contributed by atoms with Gasteiger partial charge in [-0.3, -0.25) is 9.48 Å². The van der Waals surface area contributed by atoms with Crippen molar-refractivity contribution in [3.05, 3.63) is 78.0 Å². The lowest BCUT2D eigenvalue weighted by atomic mass is 10.0. The molecule has 1 atom stereocenters. The van der Waals surface area contributed by atoms with Gasteiger partial charge in [-0.05, 0) is 48.7 Å². The van der Waals surface area contributed by atoms with E-state index in [9.17, 15) is 13.6 Å². The van der Waals surface area contributed by atoms with Crippen LogP contribution in [0.1, 0.15) is 24.2 Å². The van der Waals surface area contributed by atoms with E-state index in [1.54, 1.807) is 11.1 Å². The topological polar surface area (TPSA) is 67.2 Å². The minimum atomic E-state index is -0.741. The Balaban J connectivity index is 1.72. The van der Waals surface area contributed by atoms with Crippen LogP contribution in [0.2, 0.25) is 0 Å². The van der Waals surface area contributed by atoms with E-state index in [0.29, 0.717) is 35.7 Å². The maximum absolute atomic E-state index is 14.6. The van der Waals surface area contributed by atoms with Crippen molar-refractivity contribution in [2.75, 3.05) is 25.5 Å². The Labute approximate surface area is 223 Å². The molecule has 1 amide bonds. The number of hydrogen-bond acceptors (Lipinski definition) is 6. The number of carbonyl (C=O) groups excluding carboxylic acids is 1. The minimum absolute atomic E-state index is 0.149. The number of fused-ring (bicyclic) bond motifs is 2. The highest BCUT2D eigenvalue weighted by Gasteiger charge is 2.29. The molecule has 38 heavy (non-hydrogen) atoms. The van der Waals surface area contributed by atoms with Crippen molar-refractivity contribution in [1.29, 1.82) is 0 Å². The highest BCUT2D eigenvalue weighted by Crippen LogP contribution is 2.40. The summed E-state index contributed by atoms with van der Waals surface area (Å²) >= 11 is 1.45. The largest absolute Gasteiger partial charge is 0.363 e. The van der Waals surface area contributed by atoms with E-state index in [1.165, 1.54) is 23.5 Å². The first-order valence-electron chi connectivity index (χ1n) is 12.0. The number of aromatic nitrogens is 4. The molecule has 1 unspecified atom stereocenters. The van der Waals surface area contributed by atoms with Crippen molar-refractivity contribution in [2.45, 2.75) is 19.5 Å². The van der Waals surface area contributed by atoms with Crippen LogP contribution in [0.5, 0.6) is 0 Å². The van der Waals surface area contributed by atoms with Gasteiger partial charge >= 0.3 is 0 Å². The fraction of sp³-hybridized carbons (Fsp3) is 0.214. The quantitative estimate of drug-likeness (QED) is 0.219. The molecule has 1 aliphatic heterocycles. The summed E-state index contributed by atoms with van der Waals surface area (Å²) in [4.78, 5) is 25.5. The summed E-state index contributed by atoms with van der Waals surface area (Å²) in [6, 6.07) is 7.45. The number of pyridine rings is 2. The highest BCUT2D eigenvalue weighted by atomic mass is 32.1. The van der Waals surface area contributed by atoms with Crippen molar-refractivity contribution >= 4 is 39.2 Å². The summed E-state index contributed by atoms with van der Waals surface area (Å²) in [5.74, 6) is -0.0797. The van der Waals surface area contributed by atoms with Crippen LogP contribution in [-0.2, 0) is 11.3 Å². The number of allylic oxidation sites excluding steroid dienone is 2. The Hall–Kier alpha value is -4.18. The van der Waals surface area contributed by atoms with Gasteiger partial charge in [0.2, 0.25) is 5.91 Å². The number of halogens is 2. The van der Waals surface area contributed by atoms with Crippen LogP contribution in [0.3, 0.4) is 0 Å². The van der Waals surface area contributed by atoms with Crippen LogP contribution < -0.4 is 4.90 Å². The fourth-order valence-electron chi connectivity index (χ4n) is 4.67. The lowest BCUT2D eigenvalue weighted by Gasteiger charge is -2.33. The first-order chi connectivity index (χ1) is 18.3. The molecule has 0 aromatic carbocycles. The highest BCUT2D eigenvalue weighted by molar-refractivity contribution is 7.17. The number of anilines is 1. The van der Waals surface area contributed by atoms with Crippen molar-refractivity contribution in [3.63, 3.8) is 0 Å². The van der Waals surface area contributed by atoms with Crippen LogP contribution >= 0.6 is 11.3 Å². The lowest BCUT2D eigenvalue weighted by molar-refractivity contribution is -0.129. The maximum Gasteiger partial charge on any atom is 0.246 e. The Bertz CT molecular complexity index is 1580. The van der Waals surface area contributed by atoms with Gasteiger partial charge in [0.15, 0.2) is 0 Å². The van der Waals surface area contributed by atoms with Crippen molar-refractivity contribution < 1.29 is 13.6 Å². The second kappa shape index (κ2) is 10.3. The van der Waals surface area contributed by atoms with Gasteiger partial charge < -0.3 is 9.80 Å². The third kappa shape index (κ3) is 4.51. The SMILES string of the molecule is C=CC(=O)N1CCn2nc(-c3nc(-c4ccc(N(C)C)nc4)c4ccsc4c3/C=C(F)/C=C/F)cc2C1C. The zero-order chi connectivity index (χ0) is 27.0. The minimum Gasteiger partial charge on any atom is -0.363 e. The monoisotopic (exact) mass is 532 g/mol. The fourth-order valence-corrected chi connectivity index (χ4v) is 5.58. The van der Waals surface area contributed by atoms with Gasteiger partial charge in [0.1, 0.15) is 23.0 Å². The molecule has 5 heterocycles. The van der Waals surface area contributed by atoms with Gasteiger partial charge in [0.05, 0.1) is 30.3 Å². The predicted octanol–water partition coefficient (Wildman–Crippen LogP) is 6.17. The molecular formula is C28H26F2N6OS. The molecule has 4 aromatic rings. The van der Waals surface area contributed by atoms with E-state index in [2.05, 4.69) is 11.6 Å². The molecule has 1 aliphatic rings. The van der Waals surface area contributed by atoms with E-state index < -0.39 is 5.83 Å². The zero-order valence-electron chi connectivity index (χ0n) is 21.2. The second-order valence-corrected chi connectivity index (χ2v) is 10.0. The van der Waals surface area contributed by atoms with Crippen molar-refractivity contribution in [3.8, 4) is 22.6 Å². The molecule has 10 heteroatoms. The van der Waals surface area contributed by atoms with Gasteiger partial charge in [-0.1, -0.05) is 6.58 Å². The van der Waals surface area contributed by atoms with Crippen LogP contribution in [-0.4, -0.2) is 51.2 Å². The molecule has 0 N–H and O–H groups in total. The van der Waals surface area contributed by atoms with Crippen molar-refractivity contribution in [1.82, 2.24) is 24.6 Å². The van der Waals surface area contributed by atoms with Crippen LogP contribution in [0.4, 0.5) is 14.6 Å². The van der Waals surface area contributed by atoms with Crippen LogP contribution in [0, 0.1) is 0 Å². The number of nitrogens with zero attached hydrogens (tertiary/aromatic N) is 6. The summed E-state index contributed by atoms with van der Waals surface area (Å²) in [5.41, 5.74) is 3.85. The number of thiophene rings is 1. The normalized spacial score (nSPS) is 15.8. The predicted molar refractivity (Wildman–Crippen MR) is 148 cm³/mol. The van der Waals surface area contributed by atoms with E-state index in [0.717, 1.165) is 33.2 Å². The van der Waals surface area contributed by atoms with E-state index >= 15 is 0 Å². The average Bonchev–Trinajstić information content (AvgIpc) is 3.57. The third-order valence-electron chi connectivity index (χ3n) is 6.59. The van der Waals surface area contributed by atoms with Gasteiger partial charge in [-0.2, -0.15) is 5.10 Å². The Morgan fingerprint density at radius 1 is 1.24 bits per heavy atom. The standard InChI is InChI=1S/C28H26F2N6OS/c1-5-25(37)35-11-12-36-23(17(35)2)15-22(33-36)27-21(14-19(30)8-10-29)28-20(9-13-38-28)26(32-27)18-6-7-24(31-16-18)34(3)4/h5-10,13-17H,1,11-12H2,2-4H3/b10-8+,19-14-. The van der Waals surface area contributed by atoms with Gasteiger partial charge in [-0.25, -0.2) is 18.7 Å². The molecule has 5 rings (SSSR count). The summed E-state index contributed by atoms with van der Waals surface area (Å²) in [7, 11) is 3.84. The molecule has 194 valence electrons. The molecule has 7 nitrogen and oxygen atoms in total. The molecule has 0 fully saturated rings. The summed E-state index contributed by atoms with van der Waals surface area (Å²) < 4.78 is 30.1. The number of hydrogen-bond donors (Lipinski definition) is 0. The number of rotatable bonds is 6. The first-order valence-corrected chi connectivity index (χ1v) is 12.9. The van der Waals surface area contributed by atoms with Crippen LogP contribution in [0.25, 0.3) is 38.8 Å². The van der Waals surface area contributed by atoms with E-state index in [4.69, 9.17) is 10.1 Å². The summed E-state index contributed by atoms with van der Waals surface area (Å²) in [6.45, 7) is 6.54. The second-order valence-electron chi connectivity index (χ2n) is 9.10. The molecule has 4 aromatic heterocycles. The lowest BCUT2D eigenvalue weighted by Crippen LogP contribution is -2.40.